The fourth-order valence-corrected chi connectivity index (χ4v) is 1.50. The van der Waals surface area contributed by atoms with Gasteiger partial charge in [-0.25, -0.2) is 0 Å². The van der Waals surface area contributed by atoms with Crippen molar-refractivity contribution in [3.8, 4) is 0 Å². The summed E-state index contributed by atoms with van der Waals surface area (Å²) in [6.45, 7) is 4.23. The summed E-state index contributed by atoms with van der Waals surface area (Å²) in [4.78, 5) is 0. The maximum absolute atomic E-state index is 4.37. The van der Waals surface area contributed by atoms with Crippen molar-refractivity contribution in [3.63, 3.8) is 0 Å². The van der Waals surface area contributed by atoms with Gasteiger partial charge in [0.25, 0.3) is 0 Å². The Hall–Kier alpha value is -0.830. The average molecular weight is 151 g/mol. The lowest BCUT2D eigenvalue weighted by Gasteiger charge is -2.07. The molecule has 0 aromatic carbocycles. The summed E-state index contributed by atoms with van der Waals surface area (Å²) < 4.78 is 2.06. The standard InChI is InChI=1S/C8H13N3/c1-7-3-5-11(10-7)8-2-4-9-6-8/h3,5,8-9H,2,4,6H2,1H3/t8-/m0/s1. The molecule has 60 valence electrons. The van der Waals surface area contributed by atoms with Crippen LogP contribution in [0.3, 0.4) is 0 Å². The van der Waals surface area contributed by atoms with Crippen LogP contribution in [0, 0.1) is 6.92 Å². The van der Waals surface area contributed by atoms with E-state index in [4.69, 9.17) is 0 Å². The Morgan fingerprint density at radius 2 is 2.64 bits per heavy atom. The van der Waals surface area contributed by atoms with Crippen molar-refractivity contribution in [2.24, 2.45) is 0 Å². The quantitative estimate of drug-likeness (QED) is 0.641. The van der Waals surface area contributed by atoms with Crippen LogP contribution in [0.15, 0.2) is 12.3 Å². The van der Waals surface area contributed by atoms with Crippen LogP contribution in [0.4, 0.5) is 0 Å². The van der Waals surface area contributed by atoms with Crippen molar-refractivity contribution in [3.05, 3.63) is 18.0 Å². The first-order chi connectivity index (χ1) is 5.36. The van der Waals surface area contributed by atoms with E-state index < -0.39 is 0 Å². The topological polar surface area (TPSA) is 29.9 Å². The maximum Gasteiger partial charge on any atom is 0.0655 e. The van der Waals surface area contributed by atoms with Crippen molar-refractivity contribution in [2.75, 3.05) is 13.1 Å². The van der Waals surface area contributed by atoms with E-state index in [2.05, 4.69) is 27.4 Å². The SMILES string of the molecule is Cc1ccn([C@H]2CCNC2)n1. The van der Waals surface area contributed by atoms with Gasteiger partial charge in [-0.1, -0.05) is 0 Å². The minimum absolute atomic E-state index is 0.587. The van der Waals surface area contributed by atoms with Gasteiger partial charge in [0, 0.05) is 12.7 Å². The minimum Gasteiger partial charge on any atom is -0.315 e. The lowest BCUT2D eigenvalue weighted by atomic mass is 10.3. The lowest BCUT2D eigenvalue weighted by molar-refractivity contribution is 0.488. The first-order valence-corrected chi connectivity index (χ1v) is 4.09. The Bertz CT molecular complexity index is 235. The second-order valence-corrected chi connectivity index (χ2v) is 3.08. The van der Waals surface area contributed by atoms with Crippen LogP contribution in [0.5, 0.6) is 0 Å². The van der Waals surface area contributed by atoms with Gasteiger partial charge in [-0.15, -0.1) is 0 Å². The molecule has 0 spiro atoms. The normalized spacial score (nSPS) is 24.3. The van der Waals surface area contributed by atoms with Gasteiger partial charge in [0.05, 0.1) is 11.7 Å². The van der Waals surface area contributed by atoms with E-state index in [9.17, 15) is 0 Å². The molecule has 1 aliphatic heterocycles. The molecule has 2 rings (SSSR count). The monoisotopic (exact) mass is 151 g/mol. The van der Waals surface area contributed by atoms with Gasteiger partial charge >= 0.3 is 0 Å². The van der Waals surface area contributed by atoms with Gasteiger partial charge in [0.2, 0.25) is 0 Å². The van der Waals surface area contributed by atoms with Crippen LogP contribution in [0.2, 0.25) is 0 Å². The van der Waals surface area contributed by atoms with Gasteiger partial charge in [-0.3, -0.25) is 4.68 Å². The summed E-state index contributed by atoms with van der Waals surface area (Å²) in [5.74, 6) is 0. The number of aromatic nitrogens is 2. The largest absolute Gasteiger partial charge is 0.315 e. The molecule has 1 fully saturated rings. The zero-order valence-corrected chi connectivity index (χ0v) is 6.75. The van der Waals surface area contributed by atoms with E-state index >= 15 is 0 Å². The second-order valence-electron chi connectivity index (χ2n) is 3.08. The van der Waals surface area contributed by atoms with Crippen molar-refractivity contribution in [2.45, 2.75) is 19.4 Å². The molecule has 0 radical (unpaired) electrons. The van der Waals surface area contributed by atoms with Crippen LogP contribution in [-0.4, -0.2) is 22.9 Å². The predicted octanol–water partition coefficient (Wildman–Crippen LogP) is 0.726. The molecule has 3 nitrogen and oxygen atoms in total. The fraction of sp³-hybridized carbons (Fsp3) is 0.625. The Balaban J connectivity index is 2.15. The predicted molar refractivity (Wildman–Crippen MR) is 43.5 cm³/mol. The summed E-state index contributed by atoms with van der Waals surface area (Å²) in [6, 6.07) is 2.64. The molecule has 0 aliphatic carbocycles. The maximum atomic E-state index is 4.37. The molecule has 1 aromatic heterocycles. The number of aryl methyl sites for hydroxylation is 1. The number of nitrogens with one attached hydrogen (secondary N) is 1. The Morgan fingerprint density at radius 1 is 1.73 bits per heavy atom. The van der Waals surface area contributed by atoms with E-state index in [0.29, 0.717) is 6.04 Å². The van der Waals surface area contributed by atoms with Crippen LogP contribution >= 0.6 is 0 Å². The average Bonchev–Trinajstić information content (AvgIpc) is 2.55. The van der Waals surface area contributed by atoms with Crippen LogP contribution in [0.1, 0.15) is 18.2 Å². The van der Waals surface area contributed by atoms with E-state index in [0.717, 1.165) is 18.8 Å². The Kier molecular flexibility index (Phi) is 1.66. The van der Waals surface area contributed by atoms with Crippen molar-refractivity contribution in [1.29, 1.82) is 0 Å². The van der Waals surface area contributed by atoms with Crippen molar-refractivity contribution >= 4 is 0 Å². The molecule has 0 unspecified atom stereocenters. The zero-order valence-electron chi connectivity index (χ0n) is 6.75. The Labute approximate surface area is 66.4 Å². The molecule has 0 saturated carbocycles. The lowest BCUT2D eigenvalue weighted by Crippen LogP contribution is -2.13. The third-order valence-electron chi connectivity index (χ3n) is 2.15. The first-order valence-electron chi connectivity index (χ1n) is 4.09. The molecule has 1 atom stereocenters. The zero-order chi connectivity index (χ0) is 7.68. The first kappa shape index (κ1) is 6.85. The van der Waals surface area contributed by atoms with Crippen LogP contribution in [0.25, 0.3) is 0 Å². The van der Waals surface area contributed by atoms with Gasteiger partial charge in [-0.2, -0.15) is 5.10 Å². The van der Waals surface area contributed by atoms with E-state index in [1.54, 1.807) is 0 Å². The van der Waals surface area contributed by atoms with Crippen molar-refractivity contribution < 1.29 is 0 Å². The highest BCUT2D eigenvalue weighted by molar-refractivity contribution is 4.96. The van der Waals surface area contributed by atoms with E-state index in [1.807, 2.05) is 6.92 Å². The molecular weight excluding hydrogens is 138 g/mol. The molecule has 3 heteroatoms. The van der Waals surface area contributed by atoms with Crippen LogP contribution in [-0.2, 0) is 0 Å². The highest BCUT2D eigenvalue weighted by atomic mass is 15.3. The van der Waals surface area contributed by atoms with Gasteiger partial charge in [0.1, 0.15) is 0 Å². The third-order valence-corrected chi connectivity index (χ3v) is 2.15. The Morgan fingerprint density at radius 3 is 3.18 bits per heavy atom. The molecule has 1 aliphatic rings. The van der Waals surface area contributed by atoms with Gasteiger partial charge in [-0.05, 0) is 26.0 Å². The summed E-state index contributed by atoms with van der Waals surface area (Å²) in [6.07, 6.45) is 3.27. The number of nitrogens with zero attached hydrogens (tertiary/aromatic N) is 2. The molecule has 1 saturated heterocycles. The smallest absolute Gasteiger partial charge is 0.0655 e. The van der Waals surface area contributed by atoms with E-state index in [-0.39, 0.29) is 0 Å². The number of hydrogen-bond donors (Lipinski definition) is 1. The highest BCUT2D eigenvalue weighted by Crippen LogP contribution is 2.13. The molecule has 11 heavy (non-hydrogen) atoms. The fourth-order valence-electron chi connectivity index (χ4n) is 1.50. The molecule has 1 aromatic rings. The van der Waals surface area contributed by atoms with E-state index in [1.165, 1.54) is 6.42 Å². The highest BCUT2D eigenvalue weighted by Gasteiger charge is 2.15. The summed E-state index contributed by atoms with van der Waals surface area (Å²) in [7, 11) is 0. The van der Waals surface area contributed by atoms with Crippen molar-refractivity contribution in [1.82, 2.24) is 15.1 Å². The second kappa shape index (κ2) is 2.66. The molecule has 1 N–H and O–H groups in total. The molecule has 0 bridgehead atoms. The number of rotatable bonds is 1. The number of hydrogen-bond acceptors (Lipinski definition) is 2. The van der Waals surface area contributed by atoms with Gasteiger partial charge < -0.3 is 5.32 Å². The third kappa shape index (κ3) is 1.28. The summed E-state index contributed by atoms with van der Waals surface area (Å²) in [5, 5.41) is 7.69. The summed E-state index contributed by atoms with van der Waals surface area (Å²) >= 11 is 0. The van der Waals surface area contributed by atoms with Gasteiger partial charge in [0.15, 0.2) is 0 Å². The van der Waals surface area contributed by atoms with Crippen LogP contribution < -0.4 is 5.32 Å². The molecule has 0 amide bonds. The molecule has 2 heterocycles. The summed E-state index contributed by atoms with van der Waals surface area (Å²) in [5.41, 5.74) is 1.11. The molecular formula is C8H13N3. The minimum atomic E-state index is 0.587.